The van der Waals surface area contributed by atoms with Gasteiger partial charge in [-0.25, -0.2) is 0 Å². The summed E-state index contributed by atoms with van der Waals surface area (Å²) in [6.07, 6.45) is 0. The van der Waals surface area contributed by atoms with Gasteiger partial charge in [0.05, 0.1) is 16.1 Å². The fourth-order valence-electron chi connectivity index (χ4n) is 3.04. The maximum Gasteiger partial charge on any atom is 0.285 e. The molecular formula is C22H17ClN2O3S. The number of hydrogen-bond donors (Lipinski definition) is 1. The fraction of sp³-hybridized carbons (Fsp3) is 0.0455. The Morgan fingerprint density at radius 1 is 0.931 bits per heavy atom. The van der Waals surface area contributed by atoms with Crippen LogP contribution in [0, 0.1) is 6.92 Å². The van der Waals surface area contributed by atoms with Gasteiger partial charge in [0.1, 0.15) is 5.58 Å². The van der Waals surface area contributed by atoms with Gasteiger partial charge < -0.3 is 10.2 Å². The quantitative estimate of drug-likeness (QED) is 0.505. The third-order valence-electron chi connectivity index (χ3n) is 4.53. The number of nitrogen functional groups attached to an aromatic ring is 1. The molecule has 4 rings (SSSR count). The van der Waals surface area contributed by atoms with Crippen LogP contribution in [0.1, 0.15) is 5.56 Å². The molecule has 0 saturated carbocycles. The van der Waals surface area contributed by atoms with Gasteiger partial charge >= 0.3 is 0 Å². The Labute approximate surface area is 173 Å². The smallest absolute Gasteiger partial charge is 0.285 e. The average Bonchev–Trinajstić information content (AvgIpc) is 2.69. The van der Waals surface area contributed by atoms with Crippen LogP contribution in [0.2, 0.25) is 5.02 Å². The van der Waals surface area contributed by atoms with Crippen molar-refractivity contribution in [2.45, 2.75) is 11.8 Å². The Kier molecular flexibility index (Phi) is 4.90. The SMILES string of the molecule is Cc1ccc(S(=O)(=O)/N=c2\oc3ccccc3c(N)c2-c2ccccc2Cl)cc1. The molecule has 0 aliphatic heterocycles. The largest absolute Gasteiger partial charge is 0.437 e. The third kappa shape index (κ3) is 3.64. The first kappa shape index (κ1) is 19.2. The summed E-state index contributed by atoms with van der Waals surface area (Å²) in [6.45, 7) is 1.88. The van der Waals surface area contributed by atoms with Crippen molar-refractivity contribution in [3.63, 3.8) is 0 Å². The Balaban J connectivity index is 2.08. The Bertz CT molecular complexity index is 1390. The van der Waals surface area contributed by atoms with Crippen molar-refractivity contribution >= 4 is 38.3 Å². The first-order valence-electron chi connectivity index (χ1n) is 8.81. The van der Waals surface area contributed by atoms with E-state index in [9.17, 15) is 8.42 Å². The van der Waals surface area contributed by atoms with E-state index in [4.69, 9.17) is 21.8 Å². The van der Waals surface area contributed by atoms with Crippen molar-refractivity contribution in [3.8, 4) is 11.1 Å². The number of nitrogens with zero attached hydrogens (tertiary/aromatic N) is 1. The van der Waals surface area contributed by atoms with Crippen LogP contribution in [0.15, 0.2) is 86.5 Å². The zero-order chi connectivity index (χ0) is 20.6. The summed E-state index contributed by atoms with van der Waals surface area (Å²) < 4.78 is 35.7. The highest BCUT2D eigenvalue weighted by molar-refractivity contribution is 7.90. The van der Waals surface area contributed by atoms with Crippen LogP contribution < -0.4 is 11.3 Å². The van der Waals surface area contributed by atoms with Crippen LogP contribution in [-0.4, -0.2) is 8.42 Å². The molecule has 0 spiro atoms. The molecule has 2 N–H and O–H groups in total. The molecule has 0 bridgehead atoms. The van der Waals surface area contributed by atoms with E-state index >= 15 is 0 Å². The number of para-hydroxylation sites is 1. The second-order valence-electron chi connectivity index (χ2n) is 6.55. The van der Waals surface area contributed by atoms with Gasteiger partial charge in [0.2, 0.25) is 5.55 Å². The second kappa shape index (κ2) is 7.39. The zero-order valence-corrected chi connectivity index (χ0v) is 17.0. The molecule has 0 unspecified atom stereocenters. The lowest BCUT2D eigenvalue weighted by Gasteiger charge is -2.11. The molecule has 1 heterocycles. The van der Waals surface area contributed by atoms with Crippen LogP contribution in [0.25, 0.3) is 22.1 Å². The molecule has 5 nitrogen and oxygen atoms in total. The Morgan fingerprint density at radius 2 is 1.59 bits per heavy atom. The van der Waals surface area contributed by atoms with E-state index in [1.807, 2.05) is 13.0 Å². The highest BCUT2D eigenvalue weighted by atomic mass is 35.5. The Morgan fingerprint density at radius 3 is 2.31 bits per heavy atom. The van der Waals surface area contributed by atoms with E-state index in [1.165, 1.54) is 12.1 Å². The van der Waals surface area contributed by atoms with Crippen LogP contribution in [0.4, 0.5) is 5.69 Å². The van der Waals surface area contributed by atoms with Gasteiger partial charge in [0.25, 0.3) is 10.0 Å². The molecule has 0 aliphatic rings. The molecule has 0 aliphatic carbocycles. The van der Waals surface area contributed by atoms with Gasteiger partial charge in [0, 0.05) is 16.0 Å². The number of fused-ring (bicyclic) bond motifs is 1. The molecule has 7 heteroatoms. The minimum absolute atomic E-state index is 0.0649. The number of nitrogens with two attached hydrogens (primary N) is 1. The van der Waals surface area contributed by atoms with E-state index in [0.717, 1.165) is 5.56 Å². The predicted molar refractivity (Wildman–Crippen MR) is 115 cm³/mol. The van der Waals surface area contributed by atoms with E-state index in [0.29, 0.717) is 32.8 Å². The summed E-state index contributed by atoms with van der Waals surface area (Å²) in [7, 11) is -4.03. The number of halogens is 1. The standard InChI is InChI=1S/C22H17ClN2O3S/c1-14-10-12-15(13-11-14)29(26,27)25-22-20(16-6-2-4-8-18(16)23)21(24)17-7-3-5-9-19(17)28-22/h2-13H,24H2,1H3/b25-22-. The summed E-state index contributed by atoms with van der Waals surface area (Å²) in [5, 5.41) is 1.06. The maximum absolute atomic E-state index is 12.9. The highest BCUT2D eigenvalue weighted by Gasteiger charge is 2.19. The summed E-state index contributed by atoms with van der Waals surface area (Å²) >= 11 is 6.37. The molecule has 146 valence electrons. The highest BCUT2D eigenvalue weighted by Crippen LogP contribution is 2.33. The van der Waals surface area contributed by atoms with Gasteiger partial charge in [-0.1, -0.05) is 59.6 Å². The molecule has 0 saturated heterocycles. The van der Waals surface area contributed by atoms with Crippen molar-refractivity contribution < 1.29 is 12.8 Å². The van der Waals surface area contributed by atoms with E-state index in [-0.39, 0.29) is 10.4 Å². The van der Waals surface area contributed by atoms with Gasteiger partial charge in [-0.2, -0.15) is 8.42 Å². The van der Waals surface area contributed by atoms with Crippen molar-refractivity contribution in [2.75, 3.05) is 5.73 Å². The number of hydrogen-bond acceptors (Lipinski definition) is 4. The summed E-state index contributed by atoms with van der Waals surface area (Å²) in [4.78, 5) is 0.0649. The lowest BCUT2D eigenvalue weighted by atomic mass is 10.0. The molecule has 0 amide bonds. The Hall–Kier alpha value is -3.09. The normalized spacial score (nSPS) is 12.4. The van der Waals surface area contributed by atoms with Crippen molar-refractivity contribution in [1.82, 2.24) is 0 Å². The van der Waals surface area contributed by atoms with Crippen LogP contribution in [0.3, 0.4) is 0 Å². The van der Waals surface area contributed by atoms with Crippen LogP contribution in [-0.2, 0) is 10.0 Å². The second-order valence-corrected chi connectivity index (χ2v) is 8.56. The molecule has 0 radical (unpaired) electrons. The molecule has 3 aromatic carbocycles. The van der Waals surface area contributed by atoms with Crippen molar-refractivity contribution in [1.29, 1.82) is 0 Å². The van der Waals surface area contributed by atoms with Crippen LogP contribution in [0.5, 0.6) is 0 Å². The third-order valence-corrected chi connectivity index (χ3v) is 6.14. The average molecular weight is 425 g/mol. The lowest BCUT2D eigenvalue weighted by Crippen LogP contribution is -2.13. The molecule has 0 fully saturated rings. The lowest BCUT2D eigenvalue weighted by molar-refractivity contribution is 0.543. The zero-order valence-electron chi connectivity index (χ0n) is 15.5. The number of anilines is 1. The first-order chi connectivity index (χ1) is 13.9. The predicted octanol–water partition coefficient (Wildman–Crippen LogP) is 4.93. The molecule has 29 heavy (non-hydrogen) atoms. The monoisotopic (exact) mass is 424 g/mol. The minimum atomic E-state index is -4.03. The summed E-state index contributed by atoms with van der Waals surface area (Å²) in [5.41, 5.74) is 8.91. The van der Waals surface area contributed by atoms with E-state index in [1.54, 1.807) is 54.6 Å². The molecule has 0 atom stereocenters. The molecular weight excluding hydrogens is 408 g/mol. The number of sulfonamides is 1. The van der Waals surface area contributed by atoms with E-state index < -0.39 is 10.0 Å². The van der Waals surface area contributed by atoms with E-state index in [2.05, 4.69) is 4.40 Å². The summed E-state index contributed by atoms with van der Waals surface area (Å²) in [6, 6.07) is 20.6. The minimum Gasteiger partial charge on any atom is -0.437 e. The fourth-order valence-corrected chi connectivity index (χ4v) is 4.21. The van der Waals surface area contributed by atoms with Gasteiger partial charge in [-0.05, 0) is 37.3 Å². The number of benzene rings is 3. The topological polar surface area (TPSA) is 85.7 Å². The number of aryl methyl sites for hydroxylation is 1. The van der Waals surface area contributed by atoms with Gasteiger partial charge in [-0.15, -0.1) is 4.40 Å². The van der Waals surface area contributed by atoms with Gasteiger partial charge in [0.15, 0.2) is 0 Å². The van der Waals surface area contributed by atoms with Crippen LogP contribution >= 0.6 is 11.6 Å². The summed E-state index contributed by atoms with van der Waals surface area (Å²) in [5.74, 6) is 0. The van der Waals surface area contributed by atoms with Crippen molar-refractivity contribution in [2.24, 2.45) is 4.40 Å². The van der Waals surface area contributed by atoms with Gasteiger partial charge in [-0.3, -0.25) is 0 Å². The first-order valence-corrected chi connectivity index (χ1v) is 10.6. The van der Waals surface area contributed by atoms with Crippen molar-refractivity contribution in [3.05, 3.63) is 88.9 Å². The molecule has 1 aromatic heterocycles. The maximum atomic E-state index is 12.9. The number of rotatable bonds is 3. The molecule has 4 aromatic rings.